The molecule has 1 rings (SSSR count). The fraction of sp³-hybridized carbons (Fsp3) is 0.556. The summed E-state index contributed by atoms with van der Waals surface area (Å²) in [5, 5.41) is 5.95. The summed E-state index contributed by atoms with van der Waals surface area (Å²) in [4.78, 5) is 23.6. The van der Waals surface area contributed by atoms with E-state index in [1.165, 1.54) is 0 Å². The maximum atomic E-state index is 12.7. The van der Waals surface area contributed by atoms with E-state index in [-0.39, 0.29) is 17.4 Å². The van der Waals surface area contributed by atoms with E-state index in [4.69, 9.17) is 5.73 Å². The number of benzene rings is 1. The van der Waals surface area contributed by atoms with Crippen molar-refractivity contribution in [3.05, 3.63) is 29.8 Å². The lowest BCUT2D eigenvalue weighted by Crippen LogP contribution is -2.51. The van der Waals surface area contributed by atoms with Crippen molar-refractivity contribution in [2.75, 3.05) is 5.32 Å². The molecule has 23 heavy (non-hydrogen) atoms. The van der Waals surface area contributed by atoms with Gasteiger partial charge in [-0.2, -0.15) is 0 Å². The molecule has 2 amide bonds. The van der Waals surface area contributed by atoms with Crippen molar-refractivity contribution in [2.45, 2.75) is 59.5 Å². The van der Waals surface area contributed by atoms with Gasteiger partial charge in [-0.15, -0.1) is 0 Å². The van der Waals surface area contributed by atoms with Crippen molar-refractivity contribution in [1.29, 1.82) is 0 Å². The van der Waals surface area contributed by atoms with E-state index in [9.17, 15) is 9.59 Å². The Hall–Kier alpha value is -1.88. The second-order valence-corrected chi connectivity index (χ2v) is 7.95. The average molecular weight is 319 g/mol. The van der Waals surface area contributed by atoms with Crippen molar-refractivity contribution in [1.82, 2.24) is 5.32 Å². The largest absolute Gasteiger partial charge is 0.351 e. The molecule has 4 N–H and O–H groups in total. The third kappa shape index (κ3) is 6.82. The van der Waals surface area contributed by atoms with E-state index >= 15 is 0 Å². The molecule has 0 aromatic heterocycles. The normalized spacial score (nSPS) is 13.5. The van der Waals surface area contributed by atoms with Gasteiger partial charge in [-0.3, -0.25) is 4.79 Å². The Labute approximate surface area is 139 Å². The van der Waals surface area contributed by atoms with Crippen LogP contribution < -0.4 is 16.4 Å². The minimum atomic E-state index is -0.590. The number of ketones is 1. The highest BCUT2D eigenvalue weighted by Gasteiger charge is 2.31. The zero-order valence-electron chi connectivity index (χ0n) is 15.0. The fourth-order valence-electron chi connectivity index (χ4n) is 2.36. The van der Waals surface area contributed by atoms with Crippen LogP contribution in [0.1, 0.15) is 47.1 Å². The van der Waals surface area contributed by atoms with Crippen LogP contribution >= 0.6 is 0 Å². The summed E-state index contributed by atoms with van der Waals surface area (Å²) >= 11 is 0. The molecular weight excluding hydrogens is 290 g/mol. The smallest absolute Gasteiger partial charge is 0.316 e. The number of carbonyl (C=O) groups is 2. The minimum absolute atomic E-state index is 0.154. The van der Waals surface area contributed by atoms with Gasteiger partial charge in [0.05, 0.1) is 6.04 Å². The molecule has 0 bridgehead atoms. The number of nitrogens with two attached hydrogens (primary N) is 1. The SMILES string of the molecule is CC(C)(C)N[C@@H](Cc1ccc(NC(N)=O)cc1)C(=O)C(C)(C)C. The molecule has 0 saturated heterocycles. The molecule has 0 aliphatic heterocycles. The molecule has 5 heteroatoms. The quantitative estimate of drug-likeness (QED) is 0.779. The van der Waals surface area contributed by atoms with Crippen LogP contribution in [0.15, 0.2) is 24.3 Å². The van der Waals surface area contributed by atoms with Gasteiger partial charge in [0, 0.05) is 16.6 Å². The Kier molecular flexibility index (Phi) is 5.94. The van der Waals surface area contributed by atoms with Crippen molar-refractivity contribution in [3.63, 3.8) is 0 Å². The number of nitrogens with one attached hydrogen (secondary N) is 2. The monoisotopic (exact) mass is 319 g/mol. The summed E-state index contributed by atoms with van der Waals surface area (Å²) < 4.78 is 0. The Morgan fingerprint density at radius 2 is 1.57 bits per heavy atom. The van der Waals surface area contributed by atoms with Crippen LogP contribution in [-0.4, -0.2) is 23.4 Å². The number of amides is 2. The van der Waals surface area contributed by atoms with Crippen molar-refractivity contribution < 1.29 is 9.59 Å². The van der Waals surface area contributed by atoms with Gasteiger partial charge in [-0.25, -0.2) is 4.79 Å². The standard InChI is InChI=1S/C18H29N3O2/c1-17(2,3)15(22)14(21-18(4,5)6)11-12-7-9-13(10-8-12)20-16(19)23/h7-10,14,21H,11H2,1-6H3,(H3,19,20,23)/t14-/m0/s1. The van der Waals surface area contributed by atoms with Gasteiger partial charge in [0.2, 0.25) is 0 Å². The highest BCUT2D eigenvalue weighted by Crippen LogP contribution is 2.21. The molecule has 1 aromatic carbocycles. The zero-order chi connectivity index (χ0) is 17.8. The van der Waals surface area contributed by atoms with Crippen molar-refractivity contribution >= 4 is 17.5 Å². The molecule has 0 heterocycles. The molecule has 1 aromatic rings. The summed E-state index contributed by atoms with van der Waals surface area (Å²) in [6.45, 7) is 12.0. The Morgan fingerprint density at radius 1 is 1.04 bits per heavy atom. The van der Waals surface area contributed by atoms with Gasteiger partial charge in [-0.05, 0) is 44.9 Å². The Morgan fingerprint density at radius 3 is 1.96 bits per heavy atom. The number of anilines is 1. The van der Waals surface area contributed by atoms with E-state index in [0.717, 1.165) is 5.56 Å². The highest BCUT2D eigenvalue weighted by molar-refractivity contribution is 5.89. The second kappa shape index (κ2) is 7.13. The zero-order valence-corrected chi connectivity index (χ0v) is 15.0. The molecule has 0 radical (unpaired) electrons. The van der Waals surface area contributed by atoms with Crippen molar-refractivity contribution in [3.8, 4) is 0 Å². The summed E-state index contributed by atoms with van der Waals surface area (Å²) in [6.07, 6.45) is 0.601. The Bertz CT molecular complexity index is 551. The fourth-order valence-corrected chi connectivity index (χ4v) is 2.36. The molecule has 0 aliphatic carbocycles. The molecule has 0 aliphatic rings. The van der Waals surface area contributed by atoms with Crippen LogP contribution in [-0.2, 0) is 11.2 Å². The van der Waals surface area contributed by atoms with Crippen LogP contribution in [0.2, 0.25) is 0 Å². The summed E-state index contributed by atoms with van der Waals surface area (Å²) in [6, 6.07) is 6.53. The maximum absolute atomic E-state index is 12.7. The number of primary amides is 1. The minimum Gasteiger partial charge on any atom is -0.351 e. The van der Waals surface area contributed by atoms with Gasteiger partial charge >= 0.3 is 6.03 Å². The second-order valence-electron chi connectivity index (χ2n) is 7.95. The van der Waals surface area contributed by atoms with E-state index < -0.39 is 11.4 Å². The van der Waals surface area contributed by atoms with E-state index in [1.807, 2.05) is 32.9 Å². The molecule has 5 nitrogen and oxygen atoms in total. The Balaban J connectivity index is 2.92. The number of carbonyl (C=O) groups excluding carboxylic acids is 2. The molecule has 128 valence electrons. The van der Waals surface area contributed by atoms with E-state index in [0.29, 0.717) is 12.1 Å². The molecule has 1 atom stereocenters. The first-order chi connectivity index (χ1) is 10.4. The van der Waals surface area contributed by atoms with Gasteiger partial charge < -0.3 is 16.4 Å². The lowest BCUT2D eigenvalue weighted by atomic mass is 9.83. The van der Waals surface area contributed by atoms with E-state index in [2.05, 4.69) is 31.4 Å². The maximum Gasteiger partial charge on any atom is 0.316 e. The summed E-state index contributed by atoms with van der Waals surface area (Å²) in [7, 11) is 0. The van der Waals surface area contributed by atoms with Crippen LogP contribution in [0, 0.1) is 5.41 Å². The third-order valence-electron chi connectivity index (χ3n) is 3.32. The van der Waals surface area contributed by atoms with Crippen LogP contribution in [0.4, 0.5) is 10.5 Å². The van der Waals surface area contributed by atoms with Gasteiger partial charge in [0.1, 0.15) is 0 Å². The number of rotatable bonds is 5. The van der Waals surface area contributed by atoms with Crippen molar-refractivity contribution in [2.24, 2.45) is 11.1 Å². The lowest BCUT2D eigenvalue weighted by molar-refractivity contribution is -0.128. The number of urea groups is 1. The van der Waals surface area contributed by atoms with Crippen LogP contribution in [0.25, 0.3) is 0 Å². The average Bonchev–Trinajstić information content (AvgIpc) is 2.36. The first-order valence-corrected chi connectivity index (χ1v) is 7.86. The van der Waals surface area contributed by atoms with Gasteiger partial charge in [0.15, 0.2) is 5.78 Å². The number of hydrogen-bond acceptors (Lipinski definition) is 3. The molecule has 0 unspecified atom stereocenters. The predicted molar refractivity (Wildman–Crippen MR) is 94.5 cm³/mol. The number of Topliss-reactive ketones (excluding diaryl/α,β-unsaturated/α-hetero) is 1. The predicted octanol–water partition coefficient (Wildman–Crippen LogP) is 3.09. The lowest BCUT2D eigenvalue weighted by Gasteiger charge is -2.32. The molecule has 0 fully saturated rings. The van der Waals surface area contributed by atoms with Crippen LogP contribution in [0.3, 0.4) is 0 Å². The van der Waals surface area contributed by atoms with Gasteiger partial charge in [-0.1, -0.05) is 32.9 Å². The van der Waals surface area contributed by atoms with Crippen LogP contribution in [0.5, 0.6) is 0 Å². The summed E-state index contributed by atoms with van der Waals surface area (Å²) in [5.41, 5.74) is 6.20. The third-order valence-corrected chi connectivity index (χ3v) is 3.32. The topological polar surface area (TPSA) is 84.2 Å². The first kappa shape index (κ1) is 19.2. The highest BCUT2D eigenvalue weighted by atomic mass is 16.2. The van der Waals surface area contributed by atoms with E-state index in [1.54, 1.807) is 12.1 Å². The first-order valence-electron chi connectivity index (χ1n) is 7.86. The van der Waals surface area contributed by atoms with Gasteiger partial charge in [0.25, 0.3) is 0 Å². The number of hydrogen-bond donors (Lipinski definition) is 3. The molecule has 0 spiro atoms. The summed E-state index contributed by atoms with van der Waals surface area (Å²) in [5.74, 6) is 0.187. The molecule has 0 saturated carbocycles. The molecular formula is C18H29N3O2.